The van der Waals surface area contributed by atoms with E-state index in [-0.39, 0.29) is 0 Å². The SMILES string of the molecule is COc1ccc(OCc2sccc2Br)c(C=O)c1. The molecule has 1 heterocycles. The van der Waals surface area contributed by atoms with E-state index < -0.39 is 0 Å². The van der Waals surface area contributed by atoms with Crippen LogP contribution in [-0.4, -0.2) is 13.4 Å². The fourth-order valence-corrected chi connectivity index (χ4v) is 2.83. The normalized spacial score (nSPS) is 10.1. The zero-order valence-electron chi connectivity index (χ0n) is 9.68. The van der Waals surface area contributed by atoms with Crippen molar-refractivity contribution in [3.63, 3.8) is 0 Å². The number of hydrogen-bond acceptors (Lipinski definition) is 4. The van der Waals surface area contributed by atoms with Gasteiger partial charge in [0.05, 0.1) is 17.6 Å². The molecule has 0 fully saturated rings. The summed E-state index contributed by atoms with van der Waals surface area (Å²) in [5.41, 5.74) is 0.488. The molecular weight excluding hydrogens is 316 g/mol. The molecule has 1 aromatic heterocycles. The number of hydrogen-bond donors (Lipinski definition) is 0. The number of ether oxygens (including phenoxy) is 2. The van der Waals surface area contributed by atoms with Gasteiger partial charge in [-0.1, -0.05) is 0 Å². The Morgan fingerprint density at radius 1 is 1.39 bits per heavy atom. The maximum atomic E-state index is 11.0. The van der Waals surface area contributed by atoms with Crippen molar-refractivity contribution < 1.29 is 14.3 Å². The quantitative estimate of drug-likeness (QED) is 0.781. The second-order valence-corrected chi connectivity index (χ2v) is 5.36. The first-order valence-electron chi connectivity index (χ1n) is 5.22. The Bertz CT molecular complexity index is 551. The van der Waals surface area contributed by atoms with E-state index in [1.807, 2.05) is 11.4 Å². The van der Waals surface area contributed by atoms with E-state index in [1.54, 1.807) is 36.6 Å². The molecule has 94 valence electrons. The number of carbonyl (C=O) groups is 1. The molecule has 0 radical (unpaired) electrons. The molecule has 0 spiro atoms. The number of carbonyl (C=O) groups excluding carboxylic acids is 1. The highest BCUT2D eigenvalue weighted by Gasteiger charge is 2.07. The van der Waals surface area contributed by atoms with Crippen LogP contribution < -0.4 is 9.47 Å². The van der Waals surface area contributed by atoms with Gasteiger partial charge < -0.3 is 9.47 Å². The van der Waals surface area contributed by atoms with Gasteiger partial charge in [-0.15, -0.1) is 11.3 Å². The molecule has 2 rings (SSSR count). The van der Waals surface area contributed by atoms with Crippen LogP contribution in [0.25, 0.3) is 0 Å². The van der Waals surface area contributed by atoms with Gasteiger partial charge in [-0.05, 0) is 45.6 Å². The van der Waals surface area contributed by atoms with Gasteiger partial charge in [-0.25, -0.2) is 0 Å². The highest BCUT2D eigenvalue weighted by molar-refractivity contribution is 9.10. The first kappa shape index (κ1) is 13.1. The zero-order chi connectivity index (χ0) is 13.0. The van der Waals surface area contributed by atoms with Crippen LogP contribution in [-0.2, 0) is 6.61 Å². The molecule has 0 aliphatic heterocycles. The molecule has 3 nitrogen and oxygen atoms in total. The maximum absolute atomic E-state index is 11.0. The van der Waals surface area contributed by atoms with Crippen molar-refractivity contribution in [2.75, 3.05) is 7.11 Å². The topological polar surface area (TPSA) is 35.5 Å². The van der Waals surface area contributed by atoms with Crippen molar-refractivity contribution in [2.24, 2.45) is 0 Å². The van der Waals surface area contributed by atoms with Crippen LogP contribution in [0.1, 0.15) is 15.2 Å². The third-order valence-electron chi connectivity index (χ3n) is 2.39. The predicted octanol–water partition coefficient (Wildman–Crippen LogP) is 3.91. The lowest BCUT2D eigenvalue weighted by Crippen LogP contribution is -1.97. The zero-order valence-corrected chi connectivity index (χ0v) is 12.1. The Balaban J connectivity index is 2.14. The van der Waals surface area contributed by atoms with E-state index in [0.29, 0.717) is 23.7 Å². The monoisotopic (exact) mass is 326 g/mol. The molecule has 0 unspecified atom stereocenters. The minimum absolute atomic E-state index is 0.436. The van der Waals surface area contributed by atoms with Crippen molar-refractivity contribution >= 4 is 33.6 Å². The summed E-state index contributed by atoms with van der Waals surface area (Å²) < 4.78 is 11.7. The molecule has 5 heteroatoms. The Labute approximate surface area is 117 Å². The molecule has 0 saturated carbocycles. The van der Waals surface area contributed by atoms with Crippen LogP contribution in [0.4, 0.5) is 0 Å². The van der Waals surface area contributed by atoms with Gasteiger partial charge in [-0.3, -0.25) is 4.79 Å². The van der Waals surface area contributed by atoms with Crippen LogP contribution >= 0.6 is 27.3 Å². The third-order valence-corrected chi connectivity index (χ3v) is 4.29. The summed E-state index contributed by atoms with van der Waals surface area (Å²) in [6.45, 7) is 0.436. The Hall–Kier alpha value is -1.33. The standard InChI is InChI=1S/C13H11BrO3S/c1-16-10-2-3-12(9(6-10)7-15)17-8-13-11(14)4-5-18-13/h2-7H,8H2,1H3. The van der Waals surface area contributed by atoms with Gasteiger partial charge in [-0.2, -0.15) is 0 Å². The Morgan fingerprint density at radius 3 is 2.83 bits per heavy atom. The molecule has 0 N–H and O–H groups in total. The van der Waals surface area contributed by atoms with Crippen molar-refractivity contribution in [3.05, 3.63) is 44.6 Å². The Morgan fingerprint density at radius 2 is 2.22 bits per heavy atom. The highest BCUT2D eigenvalue weighted by atomic mass is 79.9. The van der Waals surface area contributed by atoms with Gasteiger partial charge in [0.25, 0.3) is 0 Å². The van der Waals surface area contributed by atoms with Crippen LogP contribution in [0.15, 0.2) is 34.1 Å². The van der Waals surface area contributed by atoms with E-state index in [2.05, 4.69) is 15.9 Å². The van der Waals surface area contributed by atoms with Gasteiger partial charge in [0.15, 0.2) is 6.29 Å². The summed E-state index contributed by atoms with van der Waals surface area (Å²) in [7, 11) is 1.56. The Kier molecular flexibility index (Phi) is 4.38. The number of rotatable bonds is 5. The predicted molar refractivity (Wildman–Crippen MR) is 74.7 cm³/mol. The number of aldehydes is 1. The summed E-state index contributed by atoms with van der Waals surface area (Å²) in [5.74, 6) is 1.20. The smallest absolute Gasteiger partial charge is 0.153 e. The molecule has 0 aliphatic rings. The van der Waals surface area contributed by atoms with Crippen molar-refractivity contribution in [3.8, 4) is 11.5 Å². The van der Waals surface area contributed by atoms with E-state index in [4.69, 9.17) is 9.47 Å². The average molecular weight is 327 g/mol. The molecule has 0 aliphatic carbocycles. The van der Waals surface area contributed by atoms with Crippen molar-refractivity contribution in [1.82, 2.24) is 0 Å². The second kappa shape index (κ2) is 6.02. The minimum Gasteiger partial charge on any atom is -0.497 e. The van der Waals surface area contributed by atoms with Gasteiger partial charge >= 0.3 is 0 Å². The molecule has 1 aromatic carbocycles. The average Bonchev–Trinajstić information content (AvgIpc) is 2.81. The highest BCUT2D eigenvalue weighted by Crippen LogP contribution is 2.27. The maximum Gasteiger partial charge on any atom is 0.153 e. The van der Waals surface area contributed by atoms with Crippen LogP contribution in [0.2, 0.25) is 0 Å². The number of benzene rings is 1. The summed E-state index contributed by atoms with van der Waals surface area (Å²) >= 11 is 5.04. The number of halogens is 1. The van der Waals surface area contributed by atoms with Crippen molar-refractivity contribution in [1.29, 1.82) is 0 Å². The fraction of sp³-hybridized carbons (Fsp3) is 0.154. The van der Waals surface area contributed by atoms with Gasteiger partial charge in [0, 0.05) is 4.47 Å². The molecule has 0 atom stereocenters. The first-order chi connectivity index (χ1) is 8.74. The lowest BCUT2D eigenvalue weighted by atomic mass is 10.2. The lowest BCUT2D eigenvalue weighted by Gasteiger charge is -2.09. The first-order valence-corrected chi connectivity index (χ1v) is 6.89. The summed E-state index contributed by atoms with van der Waals surface area (Å²) in [4.78, 5) is 12.1. The van der Waals surface area contributed by atoms with Crippen LogP contribution in [0.3, 0.4) is 0 Å². The van der Waals surface area contributed by atoms with Crippen LogP contribution in [0, 0.1) is 0 Å². The molecule has 0 amide bonds. The van der Waals surface area contributed by atoms with Crippen molar-refractivity contribution in [2.45, 2.75) is 6.61 Å². The summed E-state index contributed by atoms with van der Waals surface area (Å²) in [6, 6.07) is 7.14. The van der Waals surface area contributed by atoms with E-state index in [1.165, 1.54) is 0 Å². The third kappa shape index (κ3) is 2.91. The van der Waals surface area contributed by atoms with Gasteiger partial charge in [0.2, 0.25) is 0 Å². The lowest BCUT2D eigenvalue weighted by molar-refractivity contribution is 0.111. The molecule has 18 heavy (non-hydrogen) atoms. The van der Waals surface area contributed by atoms with E-state index in [0.717, 1.165) is 15.6 Å². The summed E-state index contributed by atoms with van der Waals surface area (Å²) in [6.07, 6.45) is 0.765. The molecule has 0 saturated heterocycles. The second-order valence-electron chi connectivity index (χ2n) is 3.50. The number of thiophene rings is 1. The number of methoxy groups -OCH3 is 1. The molecule has 0 bridgehead atoms. The van der Waals surface area contributed by atoms with Crippen LogP contribution in [0.5, 0.6) is 11.5 Å². The molecular formula is C13H11BrO3S. The van der Waals surface area contributed by atoms with E-state index in [9.17, 15) is 4.79 Å². The largest absolute Gasteiger partial charge is 0.497 e. The fourth-order valence-electron chi connectivity index (χ4n) is 1.45. The van der Waals surface area contributed by atoms with E-state index >= 15 is 0 Å². The van der Waals surface area contributed by atoms with Gasteiger partial charge in [0.1, 0.15) is 18.1 Å². The molecule has 2 aromatic rings. The minimum atomic E-state index is 0.436. The summed E-state index contributed by atoms with van der Waals surface area (Å²) in [5, 5.41) is 1.98.